The van der Waals surface area contributed by atoms with Gasteiger partial charge in [0.25, 0.3) is 0 Å². The number of piperazine rings is 1. The molecule has 2 aliphatic rings. The van der Waals surface area contributed by atoms with Gasteiger partial charge in [-0.25, -0.2) is 29.2 Å². The first kappa shape index (κ1) is 25.4. The number of hydrogen-bond acceptors (Lipinski definition) is 10. The standard InChI is InChI=1S/C21H27F3N10O2S/c1-37(2,35)33-5-3-32(4-6-33)20-28-15-17(31-7-9-36-10-8-31)29-16(14-11-26-19(25)27-12-14)30-18(15)34(20)13-21(22,23)24/h11-12H,1,3-10,13H2,2H3,(H2,25,26,27). The van der Waals surface area contributed by atoms with Crippen molar-refractivity contribution in [3.8, 4) is 11.4 Å². The topological polar surface area (TPSA) is 131 Å². The van der Waals surface area contributed by atoms with Crippen molar-refractivity contribution in [3.63, 3.8) is 0 Å². The molecule has 0 radical (unpaired) electrons. The SMILES string of the molecule is C=S(C)(=O)N1CCN(c2nc3c(N4CCOCC4)nc(-c4cnc(N)nc4)nc3n2CC(F)(F)F)CC1. The number of aromatic nitrogens is 6. The van der Waals surface area contributed by atoms with Crippen molar-refractivity contribution in [2.75, 3.05) is 74.3 Å². The number of nitrogens with zero attached hydrogens (tertiary/aromatic N) is 9. The van der Waals surface area contributed by atoms with E-state index in [1.807, 2.05) is 4.90 Å². The predicted molar refractivity (Wildman–Crippen MR) is 135 cm³/mol. The third-order valence-corrected chi connectivity index (χ3v) is 7.66. The van der Waals surface area contributed by atoms with Crippen molar-refractivity contribution in [2.45, 2.75) is 12.7 Å². The van der Waals surface area contributed by atoms with Gasteiger partial charge in [-0.3, -0.25) is 8.78 Å². The lowest BCUT2D eigenvalue weighted by molar-refractivity contribution is -0.139. The quantitative estimate of drug-likeness (QED) is 0.460. The Labute approximate surface area is 211 Å². The molecule has 0 aromatic carbocycles. The Morgan fingerprint density at radius 3 is 2.27 bits per heavy atom. The van der Waals surface area contributed by atoms with Gasteiger partial charge in [0, 0.05) is 67.6 Å². The van der Waals surface area contributed by atoms with Crippen LogP contribution in [0.2, 0.25) is 0 Å². The number of fused-ring (bicyclic) bond motifs is 1. The zero-order valence-corrected chi connectivity index (χ0v) is 21.0. The molecule has 1 atom stereocenters. The van der Waals surface area contributed by atoms with Crippen molar-refractivity contribution in [2.24, 2.45) is 0 Å². The molecule has 16 heteroatoms. The number of hydrogen-bond donors (Lipinski definition) is 1. The number of nitrogen functional groups attached to an aromatic ring is 1. The lowest BCUT2D eigenvalue weighted by Gasteiger charge is -2.35. The summed E-state index contributed by atoms with van der Waals surface area (Å²) in [5, 5.41) is 0. The highest BCUT2D eigenvalue weighted by Crippen LogP contribution is 2.33. The molecular formula is C21H27F3N10O2S. The van der Waals surface area contributed by atoms with Crippen LogP contribution in [0, 0.1) is 0 Å². The van der Waals surface area contributed by atoms with Crippen LogP contribution in [-0.2, 0) is 21.0 Å². The third-order valence-electron chi connectivity index (χ3n) is 6.20. The number of anilines is 3. The smallest absolute Gasteiger partial charge is 0.378 e. The van der Waals surface area contributed by atoms with Crippen molar-refractivity contribution in [1.29, 1.82) is 0 Å². The fraction of sp³-hybridized carbons (Fsp3) is 0.524. The van der Waals surface area contributed by atoms with E-state index in [1.54, 1.807) is 15.5 Å². The number of morpholine rings is 1. The Hall–Kier alpha value is -3.24. The van der Waals surface area contributed by atoms with E-state index < -0.39 is 22.4 Å². The molecule has 5 rings (SSSR count). The molecule has 0 saturated carbocycles. The normalized spacial score (nSPS) is 19.4. The third kappa shape index (κ3) is 5.40. The van der Waals surface area contributed by atoms with E-state index in [4.69, 9.17) is 10.5 Å². The van der Waals surface area contributed by atoms with Crippen LogP contribution in [0.4, 0.5) is 30.9 Å². The van der Waals surface area contributed by atoms with Gasteiger partial charge in [0.15, 0.2) is 22.8 Å². The minimum atomic E-state index is -4.52. The van der Waals surface area contributed by atoms with Crippen molar-refractivity contribution in [3.05, 3.63) is 12.4 Å². The molecule has 0 aliphatic carbocycles. The van der Waals surface area contributed by atoms with E-state index >= 15 is 0 Å². The summed E-state index contributed by atoms with van der Waals surface area (Å²) in [5.41, 5.74) is 6.33. The van der Waals surface area contributed by atoms with E-state index in [0.29, 0.717) is 63.9 Å². The molecule has 37 heavy (non-hydrogen) atoms. The van der Waals surface area contributed by atoms with Crippen LogP contribution in [0.5, 0.6) is 0 Å². The minimum absolute atomic E-state index is 0.0505. The van der Waals surface area contributed by atoms with Crippen LogP contribution in [0.15, 0.2) is 12.4 Å². The van der Waals surface area contributed by atoms with Gasteiger partial charge in [-0.1, -0.05) is 0 Å². The van der Waals surface area contributed by atoms with Crippen molar-refractivity contribution >= 4 is 44.5 Å². The fourth-order valence-corrected chi connectivity index (χ4v) is 5.33. The molecule has 2 aliphatic heterocycles. The molecular weight excluding hydrogens is 513 g/mol. The number of alkyl halides is 3. The molecule has 0 amide bonds. The van der Waals surface area contributed by atoms with Gasteiger partial charge in [0.2, 0.25) is 11.9 Å². The highest BCUT2D eigenvalue weighted by atomic mass is 32.2. The molecule has 1 unspecified atom stereocenters. The van der Waals surface area contributed by atoms with Gasteiger partial charge in [-0.05, 0) is 5.87 Å². The van der Waals surface area contributed by atoms with Crippen molar-refractivity contribution < 1.29 is 22.1 Å². The molecule has 12 nitrogen and oxygen atoms in total. The van der Waals surface area contributed by atoms with Gasteiger partial charge in [-0.15, -0.1) is 0 Å². The largest absolute Gasteiger partial charge is 0.406 e. The number of ether oxygens (including phenoxy) is 1. The summed E-state index contributed by atoms with van der Waals surface area (Å²) in [4.78, 5) is 25.5. The van der Waals surface area contributed by atoms with E-state index in [1.165, 1.54) is 12.4 Å². The molecule has 3 aromatic rings. The Morgan fingerprint density at radius 2 is 1.68 bits per heavy atom. The van der Waals surface area contributed by atoms with Crippen LogP contribution in [0.3, 0.4) is 0 Å². The molecule has 2 saturated heterocycles. The second kappa shape index (κ2) is 9.57. The van der Waals surface area contributed by atoms with Crippen molar-refractivity contribution in [1.82, 2.24) is 33.8 Å². The van der Waals surface area contributed by atoms with Gasteiger partial charge < -0.3 is 20.3 Å². The van der Waals surface area contributed by atoms with E-state index in [9.17, 15) is 17.4 Å². The highest BCUT2D eigenvalue weighted by molar-refractivity contribution is 7.97. The molecule has 2 N–H and O–H groups in total. The summed E-state index contributed by atoms with van der Waals surface area (Å²) in [6.45, 7) is 2.04. The molecule has 0 spiro atoms. The maximum atomic E-state index is 13.8. The number of halogens is 3. The first-order valence-corrected chi connectivity index (χ1v) is 13.7. The first-order valence-electron chi connectivity index (χ1n) is 11.6. The van der Waals surface area contributed by atoms with E-state index in [0.717, 1.165) is 4.57 Å². The monoisotopic (exact) mass is 540 g/mol. The lowest BCUT2D eigenvalue weighted by atomic mass is 10.3. The second-order valence-corrected chi connectivity index (χ2v) is 11.4. The van der Waals surface area contributed by atoms with E-state index in [-0.39, 0.29) is 28.9 Å². The van der Waals surface area contributed by atoms with Crippen LogP contribution in [0.1, 0.15) is 0 Å². The molecule has 3 aromatic heterocycles. The van der Waals surface area contributed by atoms with Crippen LogP contribution >= 0.6 is 0 Å². The fourth-order valence-electron chi connectivity index (χ4n) is 4.39. The first-order chi connectivity index (χ1) is 17.5. The Morgan fingerprint density at radius 1 is 1.03 bits per heavy atom. The lowest BCUT2D eigenvalue weighted by Crippen LogP contribution is -2.49. The van der Waals surface area contributed by atoms with Crippen LogP contribution in [0.25, 0.3) is 22.6 Å². The Balaban J connectivity index is 1.66. The van der Waals surface area contributed by atoms with Crippen LogP contribution in [-0.4, -0.2) is 109 Å². The molecule has 200 valence electrons. The average Bonchev–Trinajstić information content (AvgIpc) is 3.21. The van der Waals surface area contributed by atoms with Gasteiger partial charge >= 0.3 is 6.18 Å². The highest BCUT2D eigenvalue weighted by Gasteiger charge is 2.35. The van der Waals surface area contributed by atoms with Crippen LogP contribution < -0.4 is 15.5 Å². The number of nitrogens with two attached hydrogens (primary N) is 1. The van der Waals surface area contributed by atoms with Gasteiger partial charge in [0.05, 0.1) is 18.8 Å². The zero-order chi connectivity index (χ0) is 26.4. The average molecular weight is 541 g/mol. The summed E-state index contributed by atoms with van der Waals surface area (Å²) in [6.07, 6.45) is -0.117. The summed E-state index contributed by atoms with van der Waals surface area (Å²) in [5.74, 6) is 4.48. The minimum Gasteiger partial charge on any atom is -0.378 e. The number of imidazole rings is 1. The van der Waals surface area contributed by atoms with Gasteiger partial charge in [0.1, 0.15) is 6.54 Å². The van der Waals surface area contributed by atoms with E-state index in [2.05, 4.69) is 30.8 Å². The summed E-state index contributed by atoms with van der Waals surface area (Å²) in [7, 11) is -2.42. The zero-order valence-electron chi connectivity index (χ0n) is 20.2. The number of rotatable bonds is 5. The maximum Gasteiger partial charge on any atom is 0.406 e. The second-order valence-electron chi connectivity index (χ2n) is 8.96. The molecule has 0 bridgehead atoms. The predicted octanol–water partition coefficient (Wildman–Crippen LogP) is 0.648. The molecule has 5 heterocycles. The maximum absolute atomic E-state index is 13.8. The Bertz CT molecular complexity index is 1380. The van der Waals surface area contributed by atoms with Gasteiger partial charge in [-0.2, -0.15) is 13.2 Å². The summed E-state index contributed by atoms with van der Waals surface area (Å²) in [6, 6.07) is 0. The Kier molecular flexibility index (Phi) is 6.57. The summed E-state index contributed by atoms with van der Waals surface area (Å²) < 4.78 is 62.1. The molecule has 2 fully saturated rings. The summed E-state index contributed by atoms with van der Waals surface area (Å²) >= 11 is 0.